The molecule has 0 saturated carbocycles. The van der Waals surface area contributed by atoms with Crippen molar-refractivity contribution in [1.82, 2.24) is 16.2 Å². The van der Waals surface area contributed by atoms with Crippen LogP contribution in [0, 0.1) is 0 Å². The molecule has 76 valence electrons. The number of hydrogen-bond acceptors (Lipinski definition) is 3. The summed E-state index contributed by atoms with van der Waals surface area (Å²) in [4.78, 5) is 0. The summed E-state index contributed by atoms with van der Waals surface area (Å²) in [5.74, 6) is 0. The summed E-state index contributed by atoms with van der Waals surface area (Å²) in [7, 11) is 1.95. The van der Waals surface area contributed by atoms with Crippen LogP contribution in [0.4, 0.5) is 0 Å². The van der Waals surface area contributed by atoms with Gasteiger partial charge in [0, 0.05) is 11.1 Å². The Morgan fingerprint density at radius 2 is 2.00 bits per heavy atom. The van der Waals surface area contributed by atoms with Crippen molar-refractivity contribution in [2.75, 3.05) is 7.05 Å². The van der Waals surface area contributed by atoms with Crippen molar-refractivity contribution in [3.8, 4) is 0 Å². The van der Waals surface area contributed by atoms with Crippen LogP contribution in [0.5, 0.6) is 0 Å². The van der Waals surface area contributed by atoms with E-state index in [1.165, 1.54) is 5.56 Å². The Bertz CT molecular complexity index is 299. The first-order chi connectivity index (χ1) is 6.79. The van der Waals surface area contributed by atoms with E-state index in [0.29, 0.717) is 12.2 Å². The highest BCUT2D eigenvalue weighted by Crippen LogP contribution is 2.22. The predicted octanol–water partition coefficient (Wildman–Crippen LogP) is 1.42. The minimum Gasteiger partial charge on any atom is -0.304 e. The third-order valence-corrected chi connectivity index (χ3v) is 2.78. The van der Waals surface area contributed by atoms with Crippen LogP contribution >= 0.6 is 11.6 Å². The number of nitrogens with one attached hydrogen (secondary N) is 3. The first kappa shape index (κ1) is 9.93. The molecule has 1 aliphatic heterocycles. The van der Waals surface area contributed by atoms with E-state index >= 15 is 0 Å². The van der Waals surface area contributed by atoms with Crippen molar-refractivity contribution < 1.29 is 0 Å². The molecular formula is C10H14ClN3. The maximum atomic E-state index is 5.83. The summed E-state index contributed by atoms with van der Waals surface area (Å²) < 4.78 is 0. The van der Waals surface area contributed by atoms with E-state index in [4.69, 9.17) is 11.6 Å². The van der Waals surface area contributed by atoms with E-state index in [-0.39, 0.29) is 0 Å². The number of rotatable bonds is 2. The lowest BCUT2D eigenvalue weighted by Crippen LogP contribution is -2.38. The van der Waals surface area contributed by atoms with Gasteiger partial charge < -0.3 is 5.32 Å². The van der Waals surface area contributed by atoms with E-state index in [1.54, 1.807) is 0 Å². The molecule has 2 rings (SSSR count). The Morgan fingerprint density at radius 3 is 2.57 bits per heavy atom. The summed E-state index contributed by atoms with van der Waals surface area (Å²) in [6.45, 7) is 0. The molecule has 0 aliphatic carbocycles. The van der Waals surface area contributed by atoms with Crippen LogP contribution in [0.25, 0.3) is 0 Å². The van der Waals surface area contributed by atoms with E-state index in [9.17, 15) is 0 Å². The van der Waals surface area contributed by atoms with Gasteiger partial charge in [0.25, 0.3) is 0 Å². The zero-order valence-electron chi connectivity index (χ0n) is 8.05. The molecule has 0 spiro atoms. The fraction of sp³-hybridized carbons (Fsp3) is 0.400. The Balaban J connectivity index is 2.06. The fourth-order valence-corrected chi connectivity index (χ4v) is 1.79. The molecule has 1 aliphatic rings. The van der Waals surface area contributed by atoms with E-state index in [2.05, 4.69) is 28.3 Å². The van der Waals surface area contributed by atoms with Gasteiger partial charge in [-0.3, -0.25) is 0 Å². The standard InChI is InChI=1S/C10H14ClN3/c1-12-10-6-9(13-14-10)7-2-4-8(11)5-3-7/h2-5,9-10,12-14H,6H2,1H3. The van der Waals surface area contributed by atoms with Crippen LogP contribution in [0.2, 0.25) is 5.02 Å². The number of hydrazine groups is 1. The smallest absolute Gasteiger partial charge is 0.0720 e. The van der Waals surface area contributed by atoms with Gasteiger partial charge in [0.2, 0.25) is 0 Å². The van der Waals surface area contributed by atoms with Crippen molar-refractivity contribution in [3.63, 3.8) is 0 Å². The van der Waals surface area contributed by atoms with Gasteiger partial charge in [-0.05, 0) is 31.2 Å². The number of benzene rings is 1. The molecule has 4 heteroatoms. The molecule has 0 aromatic heterocycles. The molecule has 0 bridgehead atoms. The Hall–Kier alpha value is -0.610. The lowest BCUT2D eigenvalue weighted by atomic mass is 10.0. The Labute approximate surface area is 88.8 Å². The Kier molecular flexibility index (Phi) is 3.03. The quantitative estimate of drug-likeness (QED) is 0.693. The fourth-order valence-electron chi connectivity index (χ4n) is 1.66. The lowest BCUT2D eigenvalue weighted by Gasteiger charge is -2.09. The molecular weight excluding hydrogens is 198 g/mol. The van der Waals surface area contributed by atoms with Crippen molar-refractivity contribution in [2.45, 2.75) is 18.6 Å². The van der Waals surface area contributed by atoms with Crippen molar-refractivity contribution in [1.29, 1.82) is 0 Å². The molecule has 1 heterocycles. The highest BCUT2D eigenvalue weighted by atomic mass is 35.5. The molecule has 0 amide bonds. The SMILES string of the molecule is CNC1CC(c2ccc(Cl)cc2)NN1. The summed E-state index contributed by atoms with van der Waals surface area (Å²) in [5, 5.41) is 3.96. The van der Waals surface area contributed by atoms with Gasteiger partial charge in [0.15, 0.2) is 0 Å². The average Bonchev–Trinajstić information content (AvgIpc) is 2.67. The normalized spacial score (nSPS) is 26.7. The largest absolute Gasteiger partial charge is 0.304 e. The van der Waals surface area contributed by atoms with Crippen LogP contribution in [0.15, 0.2) is 24.3 Å². The molecule has 3 nitrogen and oxygen atoms in total. The third-order valence-electron chi connectivity index (χ3n) is 2.52. The molecule has 2 atom stereocenters. The van der Waals surface area contributed by atoms with E-state index in [0.717, 1.165) is 11.4 Å². The molecule has 14 heavy (non-hydrogen) atoms. The zero-order chi connectivity index (χ0) is 9.97. The van der Waals surface area contributed by atoms with Crippen LogP contribution in [-0.4, -0.2) is 13.2 Å². The second-order valence-corrected chi connectivity index (χ2v) is 3.91. The lowest BCUT2D eigenvalue weighted by molar-refractivity contribution is 0.494. The molecule has 3 N–H and O–H groups in total. The van der Waals surface area contributed by atoms with Crippen LogP contribution in [0.3, 0.4) is 0 Å². The van der Waals surface area contributed by atoms with Crippen molar-refractivity contribution >= 4 is 11.6 Å². The summed E-state index contributed by atoms with van der Waals surface area (Å²) in [5.41, 5.74) is 7.68. The first-order valence-corrected chi connectivity index (χ1v) is 5.11. The minimum absolute atomic E-state index is 0.343. The van der Waals surface area contributed by atoms with Gasteiger partial charge in [-0.2, -0.15) is 0 Å². The topological polar surface area (TPSA) is 36.1 Å². The second kappa shape index (κ2) is 4.28. The van der Waals surface area contributed by atoms with Crippen LogP contribution in [0.1, 0.15) is 18.0 Å². The van der Waals surface area contributed by atoms with E-state index in [1.807, 2.05) is 19.2 Å². The minimum atomic E-state index is 0.343. The van der Waals surface area contributed by atoms with Gasteiger partial charge in [0.05, 0.1) is 6.17 Å². The van der Waals surface area contributed by atoms with Crippen LogP contribution < -0.4 is 16.2 Å². The van der Waals surface area contributed by atoms with Gasteiger partial charge in [0.1, 0.15) is 0 Å². The van der Waals surface area contributed by atoms with Crippen molar-refractivity contribution in [2.24, 2.45) is 0 Å². The predicted molar refractivity (Wildman–Crippen MR) is 57.9 cm³/mol. The first-order valence-electron chi connectivity index (χ1n) is 4.73. The molecule has 0 radical (unpaired) electrons. The average molecular weight is 212 g/mol. The Morgan fingerprint density at radius 1 is 1.29 bits per heavy atom. The molecule has 1 saturated heterocycles. The summed E-state index contributed by atoms with van der Waals surface area (Å²) in [6.07, 6.45) is 1.38. The maximum Gasteiger partial charge on any atom is 0.0720 e. The third kappa shape index (κ3) is 2.07. The molecule has 2 unspecified atom stereocenters. The monoisotopic (exact) mass is 211 g/mol. The van der Waals surface area contributed by atoms with Gasteiger partial charge >= 0.3 is 0 Å². The van der Waals surface area contributed by atoms with Gasteiger partial charge in [-0.15, -0.1) is 0 Å². The molecule has 1 fully saturated rings. The van der Waals surface area contributed by atoms with Crippen molar-refractivity contribution in [3.05, 3.63) is 34.9 Å². The highest BCUT2D eigenvalue weighted by Gasteiger charge is 2.23. The maximum absolute atomic E-state index is 5.83. The summed E-state index contributed by atoms with van der Waals surface area (Å²) >= 11 is 5.83. The number of hydrogen-bond donors (Lipinski definition) is 3. The number of halogens is 1. The summed E-state index contributed by atoms with van der Waals surface area (Å²) in [6, 6.07) is 8.32. The second-order valence-electron chi connectivity index (χ2n) is 3.47. The van der Waals surface area contributed by atoms with Crippen LogP contribution in [-0.2, 0) is 0 Å². The highest BCUT2D eigenvalue weighted by molar-refractivity contribution is 6.30. The van der Waals surface area contributed by atoms with Gasteiger partial charge in [-0.1, -0.05) is 23.7 Å². The van der Waals surface area contributed by atoms with E-state index < -0.39 is 0 Å². The van der Waals surface area contributed by atoms with Gasteiger partial charge in [-0.25, -0.2) is 10.9 Å². The molecule has 1 aromatic rings. The molecule has 1 aromatic carbocycles. The zero-order valence-corrected chi connectivity index (χ0v) is 8.81.